The van der Waals surface area contributed by atoms with Crippen molar-refractivity contribution in [3.05, 3.63) is 46.8 Å². The van der Waals surface area contributed by atoms with Crippen molar-refractivity contribution in [1.82, 2.24) is 9.78 Å². The topological polar surface area (TPSA) is 50.8 Å². The molecule has 1 aromatic heterocycles. The molecule has 0 radical (unpaired) electrons. The van der Waals surface area contributed by atoms with Crippen LogP contribution < -0.4 is 0 Å². The summed E-state index contributed by atoms with van der Waals surface area (Å²) in [4.78, 5) is 0. The van der Waals surface area contributed by atoms with E-state index in [1.807, 2.05) is 35.9 Å². The number of fused-ring (bicyclic) bond motifs is 1. The number of hydrogen-bond donors (Lipinski definition) is 0. The van der Waals surface area contributed by atoms with Crippen molar-refractivity contribution in [2.45, 2.75) is 20.1 Å². The smallest absolute Gasteiger partial charge is 0.168 e. The van der Waals surface area contributed by atoms with E-state index in [0.717, 1.165) is 22.5 Å². The third-order valence-corrected chi connectivity index (χ3v) is 3.02. The van der Waals surface area contributed by atoms with Crippen molar-refractivity contribution in [3.8, 4) is 11.8 Å². The van der Waals surface area contributed by atoms with Crippen LogP contribution in [-0.4, -0.2) is 9.78 Å². The molecule has 0 unspecified atom stereocenters. The molecule has 84 valence electrons. The highest BCUT2D eigenvalue weighted by atomic mass is 16.5. The molecular weight excluding hydrogens is 214 g/mol. The summed E-state index contributed by atoms with van der Waals surface area (Å²) in [6.07, 6.45) is 0. The van der Waals surface area contributed by atoms with Crippen LogP contribution in [0.3, 0.4) is 0 Å². The number of hydrogen-bond acceptors (Lipinski definition) is 3. The second kappa shape index (κ2) is 3.72. The van der Waals surface area contributed by atoms with E-state index in [4.69, 9.17) is 10.00 Å². The first-order valence-corrected chi connectivity index (χ1v) is 5.46. The van der Waals surface area contributed by atoms with Crippen molar-refractivity contribution in [3.63, 3.8) is 0 Å². The molecule has 1 aliphatic rings. The molecule has 2 heterocycles. The van der Waals surface area contributed by atoms with Crippen LogP contribution in [-0.2, 0) is 18.0 Å². The zero-order valence-corrected chi connectivity index (χ0v) is 9.47. The molecule has 1 aliphatic heterocycles. The Balaban J connectivity index is 2.24. The van der Waals surface area contributed by atoms with Crippen LogP contribution >= 0.6 is 0 Å². The number of aryl methyl sites for hydroxylation is 1. The first-order chi connectivity index (χ1) is 8.31. The molecule has 0 atom stereocenters. The third-order valence-electron chi connectivity index (χ3n) is 3.02. The molecule has 0 saturated heterocycles. The monoisotopic (exact) mass is 225 g/mol. The quantitative estimate of drug-likeness (QED) is 0.746. The van der Waals surface area contributed by atoms with Gasteiger partial charge in [0.15, 0.2) is 5.69 Å². The van der Waals surface area contributed by atoms with Crippen molar-refractivity contribution < 1.29 is 4.74 Å². The van der Waals surface area contributed by atoms with Crippen molar-refractivity contribution in [2.75, 3.05) is 0 Å². The van der Waals surface area contributed by atoms with Gasteiger partial charge in [0.25, 0.3) is 0 Å². The molecule has 3 rings (SSSR count). The summed E-state index contributed by atoms with van der Waals surface area (Å²) in [6.45, 7) is 3.05. The Morgan fingerprint density at radius 1 is 1.35 bits per heavy atom. The van der Waals surface area contributed by atoms with Gasteiger partial charge in [0.05, 0.1) is 24.6 Å². The number of rotatable bonds is 1. The predicted octanol–water partition coefficient (Wildman–Crippen LogP) is 2.08. The fourth-order valence-corrected chi connectivity index (χ4v) is 2.13. The van der Waals surface area contributed by atoms with E-state index in [1.54, 1.807) is 0 Å². The van der Waals surface area contributed by atoms with Gasteiger partial charge in [0.2, 0.25) is 0 Å². The highest BCUT2D eigenvalue weighted by molar-refractivity contribution is 5.45. The molecule has 0 saturated carbocycles. The van der Waals surface area contributed by atoms with E-state index in [0.29, 0.717) is 18.9 Å². The Labute approximate surface area is 99.1 Å². The molecule has 0 N–H and O–H groups in total. The van der Waals surface area contributed by atoms with Crippen molar-refractivity contribution in [1.29, 1.82) is 5.26 Å². The van der Waals surface area contributed by atoms with Gasteiger partial charge in [0.1, 0.15) is 6.07 Å². The first kappa shape index (κ1) is 10.1. The lowest BCUT2D eigenvalue weighted by molar-refractivity contribution is 0.130. The summed E-state index contributed by atoms with van der Waals surface area (Å²) in [5, 5.41) is 13.4. The lowest BCUT2D eigenvalue weighted by atomic mass is 10.2. The van der Waals surface area contributed by atoms with E-state index >= 15 is 0 Å². The molecule has 17 heavy (non-hydrogen) atoms. The second-order valence-corrected chi connectivity index (χ2v) is 4.08. The average molecular weight is 225 g/mol. The largest absolute Gasteiger partial charge is 0.370 e. The summed E-state index contributed by atoms with van der Waals surface area (Å²) >= 11 is 0. The lowest BCUT2D eigenvalue weighted by Gasteiger charge is -2.07. The minimum absolute atomic E-state index is 0.473. The van der Waals surface area contributed by atoms with Gasteiger partial charge < -0.3 is 4.74 Å². The summed E-state index contributed by atoms with van der Waals surface area (Å²) in [5.41, 5.74) is 4.54. The standard InChI is InChI=1S/C13H11N3O/c1-9-4-2-3-5-12(9)16-13-8-17-7-10(13)11(6-14)15-16/h2-5H,7-8H2,1H3. The van der Waals surface area contributed by atoms with E-state index in [-0.39, 0.29) is 0 Å². The summed E-state index contributed by atoms with van der Waals surface area (Å²) in [5.74, 6) is 0. The molecule has 0 spiro atoms. The zero-order chi connectivity index (χ0) is 11.8. The van der Waals surface area contributed by atoms with Gasteiger partial charge in [0, 0.05) is 5.56 Å². The third kappa shape index (κ3) is 1.44. The highest BCUT2D eigenvalue weighted by Gasteiger charge is 2.24. The Bertz CT molecular complexity index is 622. The van der Waals surface area contributed by atoms with Crippen LogP contribution in [0.2, 0.25) is 0 Å². The summed E-state index contributed by atoms with van der Waals surface area (Å²) < 4.78 is 7.22. The van der Waals surface area contributed by atoms with Crippen LogP contribution in [0.25, 0.3) is 5.69 Å². The molecule has 4 nitrogen and oxygen atoms in total. The summed E-state index contributed by atoms with van der Waals surface area (Å²) in [7, 11) is 0. The van der Waals surface area contributed by atoms with Gasteiger partial charge in [-0.2, -0.15) is 10.4 Å². The number of nitrogens with zero attached hydrogens (tertiary/aromatic N) is 3. The first-order valence-electron chi connectivity index (χ1n) is 5.46. The fraction of sp³-hybridized carbons (Fsp3) is 0.231. The van der Waals surface area contributed by atoms with E-state index in [1.165, 1.54) is 0 Å². The normalized spacial score (nSPS) is 13.4. The lowest BCUT2D eigenvalue weighted by Crippen LogP contribution is -2.03. The molecule has 0 aliphatic carbocycles. The van der Waals surface area contributed by atoms with Gasteiger partial charge >= 0.3 is 0 Å². The maximum absolute atomic E-state index is 9.05. The Morgan fingerprint density at radius 3 is 2.94 bits per heavy atom. The van der Waals surface area contributed by atoms with Gasteiger partial charge in [-0.15, -0.1) is 0 Å². The number of nitriles is 1. The van der Waals surface area contributed by atoms with E-state index in [9.17, 15) is 0 Å². The second-order valence-electron chi connectivity index (χ2n) is 4.08. The number of aromatic nitrogens is 2. The van der Waals surface area contributed by atoms with Crippen LogP contribution in [0.5, 0.6) is 0 Å². The fourth-order valence-electron chi connectivity index (χ4n) is 2.13. The number of benzene rings is 1. The number of ether oxygens (including phenoxy) is 1. The van der Waals surface area contributed by atoms with Crippen LogP contribution in [0.1, 0.15) is 22.5 Å². The Kier molecular flexibility index (Phi) is 2.20. The van der Waals surface area contributed by atoms with Crippen LogP contribution in [0.4, 0.5) is 0 Å². The van der Waals surface area contributed by atoms with Crippen molar-refractivity contribution in [2.24, 2.45) is 0 Å². The van der Waals surface area contributed by atoms with Crippen LogP contribution in [0.15, 0.2) is 24.3 Å². The molecule has 4 heteroatoms. The van der Waals surface area contributed by atoms with Gasteiger partial charge in [-0.25, -0.2) is 4.68 Å². The van der Waals surface area contributed by atoms with Crippen LogP contribution in [0, 0.1) is 18.3 Å². The van der Waals surface area contributed by atoms with Gasteiger partial charge in [-0.3, -0.25) is 0 Å². The van der Waals surface area contributed by atoms with Crippen molar-refractivity contribution >= 4 is 0 Å². The zero-order valence-electron chi connectivity index (χ0n) is 9.47. The average Bonchev–Trinajstić information content (AvgIpc) is 2.91. The summed E-state index contributed by atoms with van der Waals surface area (Å²) in [6, 6.07) is 10.1. The van der Waals surface area contributed by atoms with Gasteiger partial charge in [-0.05, 0) is 18.6 Å². The minimum Gasteiger partial charge on any atom is -0.370 e. The minimum atomic E-state index is 0.473. The maximum atomic E-state index is 9.05. The SMILES string of the molecule is Cc1ccccc1-n1nc(C#N)c2c1COC2. The van der Waals surface area contributed by atoms with E-state index in [2.05, 4.69) is 11.2 Å². The Hall–Kier alpha value is -2.12. The molecule has 0 fully saturated rings. The van der Waals surface area contributed by atoms with E-state index < -0.39 is 0 Å². The Morgan fingerprint density at radius 2 is 2.18 bits per heavy atom. The molecule has 1 aromatic carbocycles. The maximum Gasteiger partial charge on any atom is 0.168 e. The molecular formula is C13H11N3O. The molecule has 0 amide bonds. The van der Waals surface area contributed by atoms with Gasteiger partial charge in [-0.1, -0.05) is 18.2 Å². The molecule has 2 aromatic rings. The number of para-hydroxylation sites is 1. The highest BCUT2D eigenvalue weighted by Crippen LogP contribution is 2.26. The molecule has 0 bridgehead atoms. The predicted molar refractivity (Wildman–Crippen MR) is 61.5 cm³/mol.